The van der Waals surface area contributed by atoms with Gasteiger partial charge in [0.15, 0.2) is 0 Å². The van der Waals surface area contributed by atoms with Crippen LogP contribution in [0.3, 0.4) is 0 Å². The fourth-order valence-electron chi connectivity index (χ4n) is 3.78. The minimum Gasteiger partial charge on any atom is -0.439 e. The smallest absolute Gasteiger partial charge is 0.247 e. The van der Waals surface area contributed by atoms with Gasteiger partial charge < -0.3 is 15.0 Å². The van der Waals surface area contributed by atoms with Gasteiger partial charge in [-0.2, -0.15) is 0 Å². The number of ether oxygens (including phenoxy) is 1. The average Bonchev–Trinajstić information content (AvgIpc) is 2.81. The fourth-order valence-corrected chi connectivity index (χ4v) is 3.78. The summed E-state index contributed by atoms with van der Waals surface area (Å²) in [5.41, 5.74) is 1.41. The van der Waals surface area contributed by atoms with Crippen molar-refractivity contribution in [3.8, 4) is 11.6 Å². The van der Waals surface area contributed by atoms with Gasteiger partial charge in [-0.25, -0.2) is 9.37 Å². The third kappa shape index (κ3) is 5.11. The van der Waals surface area contributed by atoms with Gasteiger partial charge in [0.25, 0.3) is 0 Å². The highest BCUT2D eigenvalue weighted by Crippen LogP contribution is 2.27. The Morgan fingerprint density at radius 2 is 1.94 bits per heavy atom. The van der Waals surface area contributed by atoms with Gasteiger partial charge in [0.1, 0.15) is 17.6 Å². The first-order chi connectivity index (χ1) is 15.6. The van der Waals surface area contributed by atoms with Crippen LogP contribution < -0.4 is 10.1 Å². The van der Waals surface area contributed by atoms with Gasteiger partial charge in [-0.15, -0.1) is 0 Å². The quantitative estimate of drug-likeness (QED) is 0.600. The Morgan fingerprint density at radius 1 is 1.09 bits per heavy atom. The summed E-state index contributed by atoms with van der Waals surface area (Å²) in [4.78, 5) is 31.7. The second-order valence-electron chi connectivity index (χ2n) is 7.60. The predicted molar refractivity (Wildman–Crippen MR) is 117 cm³/mol. The molecule has 1 atom stereocenters. The lowest BCUT2D eigenvalue weighted by atomic mass is 10.0. The maximum absolute atomic E-state index is 13.5. The van der Waals surface area contributed by atoms with E-state index in [1.165, 1.54) is 12.1 Å². The van der Waals surface area contributed by atoms with E-state index in [1.54, 1.807) is 35.4 Å². The number of piperidine rings is 1. The zero-order valence-electron chi connectivity index (χ0n) is 17.5. The van der Waals surface area contributed by atoms with Crippen molar-refractivity contribution in [2.75, 3.05) is 6.54 Å². The number of pyridine rings is 1. The first-order valence-electron chi connectivity index (χ1n) is 10.6. The predicted octanol–water partition coefficient (Wildman–Crippen LogP) is 4.38. The third-order valence-corrected chi connectivity index (χ3v) is 5.35. The van der Waals surface area contributed by atoms with Crippen molar-refractivity contribution >= 4 is 11.8 Å². The van der Waals surface area contributed by atoms with Crippen LogP contribution in [0.4, 0.5) is 4.39 Å². The molecule has 0 bridgehead atoms. The molecule has 1 saturated heterocycles. The summed E-state index contributed by atoms with van der Waals surface area (Å²) < 4.78 is 19.2. The monoisotopic (exact) mass is 433 g/mol. The van der Waals surface area contributed by atoms with E-state index in [0.717, 1.165) is 18.4 Å². The molecule has 1 aliphatic heterocycles. The van der Waals surface area contributed by atoms with Crippen LogP contribution in [0.15, 0.2) is 72.9 Å². The molecule has 0 aliphatic carbocycles. The van der Waals surface area contributed by atoms with Crippen molar-refractivity contribution in [1.29, 1.82) is 0 Å². The summed E-state index contributed by atoms with van der Waals surface area (Å²) >= 11 is 0. The molecule has 164 valence electrons. The van der Waals surface area contributed by atoms with Gasteiger partial charge in [0, 0.05) is 37.3 Å². The molecule has 1 fully saturated rings. The van der Waals surface area contributed by atoms with Gasteiger partial charge in [0.05, 0.1) is 0 Å². The highest BCUT2D eigenvalue weighted by atomic mass is 19.1. The molecule has 1 unspecified atom stereocenters. The molecule has 6 nitrogen and oxygen atoms in total. The minimum absolute atomic E-state index is 0.0169. The second kappa shape index (κ2) is 10.0. The van der Waals surface area contributed by atoms with Crippen molar-refractivity contribution in [1.82, 2.24) is 15.2 Å². The first-order valence-corrected chi connectivity index (χ1v) is 10.6. The molecule has 1 aromatic heterocycles. The van der Waals surface area contributed by atoms with Gasteiger partial charge in [0.2, 0.25) is 17.7 Å². The number of halogens is 1. The molecule has 32 heavy (non-hydrogen) atoms. The molecule has 1 N–H and O–H groups in total. The highest BCUT2D eigenvalue weighted by molar-refractivity contribution is 5.89. The van der Waals surface area contributed by atoms with Gasteiger partial charge in [-0.1, -0.05) is 42.5 Å². The molecule has 0 saturated carbocycles. The van der Waals surface area contributed by atoms with E-state index in [4.69, 9.17) is 4.74 Å². The van der Waals surface area contributed by atoms with Crippen molar-refractivity contribution < 1.29 is 18.7 Å². The summed E-state index contributed by atoms with van der Waals surface area (Å²) in [5.74, 6) is -0.102. The van der Waals surface area contributed by atoms with E-state index in [-0.39, 0.29) is 24.2 Å². The largest absolute Gasteiger partial charge is 0.439 e. The second-order valence-corrected chi connectivity index (χ2v) is 7.60. The Labute approximate surface area is 186 Å². The highest BCUT2D eigenvalue weighted by Gasteiger charge is 2.32. The Morgan fingerprint density at radius 3 is 2.72 bits per heavy atom. The Hall–Kier alpha value is -3.74. The standard InChI is InChI=1S/C25H24FN3O3/c26-20-11-6-12-21(16-20)32-25-19(10-7-14-27-25)17-28-24(31)23(18-8-2-1-3-9-18)29-15-5-4-13-22(29)30/h1-3,6-12,14,16,23H,4-5,13,15,17H2,(H,28,31). The SMILES string of the molecule is O=C(NCc1cccnc1Oc1cccc(F)c1)C(c1ccccc1)N1CCCCC1=O. The molecule has 2 aromatic carbocycles. The summed E-state index contributed by atoms with van der Waals surface area (Å²) in [7, 11) is 0. The van der Waals surface area contributed by atoms with Crippen LogP contribution in [0.5, 0.6) is 11.6 Å². The van der Waals surface area contributed by atoms with E-state index in [2.05, 4.69) is 10.3 Å². The summed E-state index contributed by atoms with van der Waals surface area (Å²) in [6.45, 7) is 0.704. The van der Waals surface area contributed by atoms with Crippen molar-refractivity contribution in [3.63, 3.8) is 0 Å². The van der Waals surface area contributed by atoms with Crippen molar-refractivity contribution in [3.05, 3.63) is 89.9 Å². The molecule has 0 radical (unpaired) electrons. The summed E-state index contributed by atoms with van der Waals surface area (Å²) in [6.07, 6.45) is 3.73. The van der Waals surface area contributed by atoms with E-state index in [9.17, 15) is 14.0 Å². The normalized spacial score (nSPS) is 14.7. The number of amides is 2. The van der Waals surface area contributed by atoms with E-state index >= 15 is 0 Å². The number of carbonyl (C=O) groups is 2. The van der Waals surface area contributed by atoms with E-state index < -0.39 is 11.9 Å². The fraction of sp³-hybridized carbons (Fsp3) is 0.240. The van der Waals surface area contributed by atoms with E-state index in [0.29, 0.717) is 24.3 Å². The lowest BCUT2D eigenvalue weighted by Gasteiger charge is -2.34. The van der Waals surface area contributed by atoms with Gasteiger partial charge >= 0.3 is 0 Å². The molecular formula is C25H24FN3O3. The molecule has 2 amide bonds. The number of rotatable bonds is 7. The molecule has 0 spiro atoms. The summed E-state index contributed by atoms with van der Waals surface area (Å²) in [5, 5.41) is 2.93. The lowest BCUT2D eigenvalue weighted by Crippen LogP contribution is -2.45. The van der Waals surface area contributed by atoms with Crippen LogP contribution >= 0.6 is 0 Å². The number of benzene rings is 2. The zero-order valence-corrected chi connectivity index (χ0v) is 17.5. The number of hydrogen-bond donors (Lipinski definition) is 1. The van der Waals surface area contributed by atoms with Crippen molar-refractivity contribution in [2.45, 2.75) is 31.8 Å². The first kappa shape index (κ1) is 21.5. The van der Waals surface area contributed by atoms with Gasteiger partial charge in [-0.3, -0.25) is 9.59 Å². The molecule has 7 heteroatoms. The van der Waals surface area contributed by atoms with Crippen molar-refractivity contribution in [2.24, 2.45) is 0 Å². The third-order valence-electron chi connectivity index (χ3n) is 5.35. The number of carbonyl (C=O) groups excluding carboxylic acids is 2. The number of hydrogen-bond acceptors (Lipinski definition) is 4. The average molecular weight is 433 g/mol. The van der Waals surface area contributed by atoms with Crippen LogP contribution in [0.25, 0.3) is 0 Å². The summed E-state index contributed by atoms with van der Waals surface area (Å²) in [6, 6.07) is 17.9. The number of likely N-dealkylation sites (tertiary alicyclic amines) is 1. The Kier molecular flexibility index (Phi) is 6.75. The maximum atomic E-state index is 13.5. The van der Waals surface area contributed by atoms with Crippen LogP contribution in [0.2, 0.25) is 0 Å². The minimum atomic E-state index is -0.701. The van der Waals surface area contributed by atoms with Crippen LogP contribution in [0, 0.1) is 5.82 Å². The molecular weight excluding hydrogens is 409 g/mol. The van der Waals surface area contributed by atoms with Crippen LogP contribution in [-0.2, 0) is 16.1 Å². The maximum Gasteiger partial charge on any atom is 0.247 e. The zero-order chi connectivity index (χ0) is 22.3. The van der Waals surface area contributed by atoms with Crippen LogP contribution in [-0.4, -0.2) is 28.2 Å². The molecule has 2 heterocycles. The number of nitrogens with one attached hydrogen (secondary N) is 1. The number of nitrogens with zero attached hydrogens (tertiary/aromatic N) is 2. The Bertz CT molecular complexity index is 1090. The molecule has 3 aromatic rings. The lowest BCUT2D eigenvalue weighted by molar-refractivity contribution is -0.142. The Balaban J connectivity index is 1.52. The molecule has 1 aliphatic rings. The van der Waals surface area contributed by atoms with Gasteiger partial charge in [-0.05, 0) is 36.6 Å². The topological polar surface area (TPSA) is 71.5 Å². The van der Waals surface area contributed by atoms with Crippen LogP contribution in [0.1, 0.15) is 36.4 Å². The van der Waals surface area contributed by atoms with E-state index in [1.807, 2.05) is 30.3 Å². The molecule has 4 rings (SSSR count). The number of aromatic nitrogens is 1.